The van der Waals surface area contributed by atoms with Crippen molar-refractivity contribution in [3.63, 3.8) is 0 Å². The van der Waals surface area contributed by atoms with Gasteiger partial charge in [0.1, 0.15) is 11.6 Å². The van der Waals surface area contributed by atoms with E-state index in [-0.39, 0.29) is 30.0 Å². The lowest BCUT2D eigenvalue weighted by Crippen LogP contribution is -2.48. The van der Waals surface area contributed by atoms with Gasteiger partial charge in [0.15, 0.2) is 0 Å². The van der Waals surface area contributed by atoms with Gasteiger partial charge in [-0.15, -0.1) is 0 Å². The summed E-state index contributed by atoms with van der Waals surface area (Å²) in [7, 11) is 0. The third-order valence-electron chi connectivity index (χ3n) is 9.17. The quantitative estimate of drug-likeness (QED) is 0.350. The molecule has 2 aromatic carbocycles. The molecule has 1 unspecified atom stereocenters. The summed E-state index contributed by atoms with van der Waals surface area (Å²) in [6, 6.07) is 12.1. The van der Waals surface area contributed by atoms with Crippen LogP contribution in [0.3, 0.4) is 0 Å². The zero-order chi connectivity index (χ0) is 32.9. The number of nitrogens with zero attached hydrogens (tertiary/aromatic N) is 2. The number of piperidine rings is 1. The monoisotopic (exact) mass is 639 g/mol. The predicted octanol–water partition coefficient (Wildman–Crippen LogP) is 4.99. The van der Waals surface area contributed by atoms with Crippen LogP contribution in [-0.4, -0.2) is 75.2 Å². The van der Waals surface area contributed by atoms with Crippen LogP contribution >= 0.6 is 0 Å². The molecule has 246 valence electrons. The molecule has 2 saturated heterocycles. The maximum absolute atomic E-state index is 14.5. The number of fused-ring (bicyclic) bond motifs is 2. The van der Waals surface area contributed by atoms with Gasteiger partial charge in [0.2, 0.25) is 11.8 Å². The normalized spacial score (nSPS) is 24.8. The number of hydrogen-bond acceptors (Lipinski definition) is 5. The molecule has 5 rings (SSSR count). The summed E-state index contributed by atoms with van der Waals surface area (Å²) in [4.78, 5) is 38.2. The molecular formula is C32H38F5N3O5. The summed E-state index contributed by atoms with van der Waals surface area (Å²) in [5.74, 6) is -4.41. The number of nitrogens with two attached hydrogens (primary N) is 1. The van der Waals surface area contributed by atoms with E-state index >= 15 is 0 Å². The second-order valence-electron chi connectivity index (χ2n) is 12.0. The van der Waals surface area contributed by atoms with Crippen LogP contribution in [0.1, 0.15) is 78.8 Å². The highest BCUT2D eigenvalue weighted by Crippen LogP contribution is 2.43. The van der Waals surface area contributed by atoms with Gasteiger partial charge in [-0.05, 0) is 87.1 Å². The number of benzene rings is 2. The van der Waals surface area contributed by atoms with Crippen LogP contribution in [0, 0.1) is 17.6 Å². The molecule has 2 aromatic rings. The Hall–Kier alpha value is -3.58. The van der Waals surface area contributed by atoms with Crippen molar-refractivity contribution in [2.45, 2.75) is 88.2 Å². The van der Waals surface area contributed by atoms with Crippen molar-refractivity contribution in [2.24, 2.45) is 11.7 Å². The average Bonchev–Trinajstić information content (AvgIpc) is 3.22. The Labute approximate surface area is 258 Å². The van der Waals surface area contributed by atoms with E-state index in [9.17, 15) is 36.6 Å². The van der Waals surface area contributed by atoms with Gasteiger partial charge < -0.3 is 20.8 Å². The number of amides is 2. The number of carboxylic acids is 1. The van der Waals surface area contributed by atoms with Crippen LogP contribution in [0.2, 0.25) is 0 Å². The second-order valence-corrected chi connectivity index (χ2v) is 12.0. The third-order valence-corrected chi connectivity index (χ3v) is 9.17. The Morgan fingerprint density at radius 2 is 1.47 bits per heavy atom. The first-order valence-electron chi connectivity index (χ1n) is 15.1. The van der Waals surface area contributed by atoms with Crippen molar-refractivity contribution in [2.75, 3.05) is 13.1 Å². The lowest BCUT2D eigenvalue weighted by molar-refractivity contribution is -0.192. The van der Waals surface area contributed by atoms with Gasteiger partial charge in [0, 0.05) is 42.2 Å². The Bertz CT molecular complexity index is 1330. The van der Waals surface area contributed by atoms with E-state index in [0.29, 0.717) is 62.3 Å². The van der Waals surface area contributed by atoms with Crippen molar-refractivity contribution in [3.8, 4) is 0 Å². The topological polar surface area (TPSA) is 124 Å². The molecule has 3 aliphatic rings. The van der Waals surface area contributed by atoms with Gasteiger partial charge in [-0.3, -0.25) is 14.5 Å². The first-order valence-corrected chi connectivity index (χ1v) is 15.1. The van der Waals surface area contributed by atoms with Crippen molar-refractivity contribution in [1.82, 2.24) is 9.80 Å². The fourth-order valence-electron chi connectivity index (χ4n) is 6.82. The van der Waals surface area contributed by atoms with Crippen LogP contribution < -0.4 is 5.73 Å². The number of carboxylic acid groups (broad SMARTS) is 1. The van der Waals surface area contributed by atoms with Crippen molar-refractivity contribution in [1.29, 1.82) is 0 Å². The molecule has 0 spiro atoms. The van der Waals surface area contributed by atoms with E-state index < -0.39 is 29.7 Å². The summed E-state index contributed by atoms with van der Waals surface area (Å²) >= 11 is 0. The van der Waals surface area contributed by atoms with Gasteiger partial charge in [-0.2, -0.15) is 13.2 Å². The molecule has 0 radical (unpaired) electrons. The molecule has 1 saturated carbocycles. The molecule has 1 aliphatic carbocycles. The van der Waals surface area contributed by atoms with Gasteiger partial charge in [-0.25, -0.2) is 13.6 Å². The van der Waals surface area contributed by atoms with Crippen LogP contribution in [0.25, 0.3) is 0 Å². The fraction of sp³-hybridized carbons (Fsp3) is 0.531. The highest BCUT2D eigenvalue weighted by Gasteiger charge is 2.41. The lowest BCUT2D eigenvalue weighted by atomic mass is 9.84. The van der Waals surface area contributed by atoms with E-state index in [1.165, 1.54) is 18.2 Å². The van der Waals surface area contributed by atoms with Crippen molar-refractivity contribution >= 4 is 17.8 Å². The van der Waals surface area contributed by atoms with E-state index in [1.54, 1.807) is 11.0 Å². The van der Waals surface area contributed by atoms with Crippen LogP contribution in [0.15, 0.2) is 42.5 Å². The van der Waals surface area contributed by atoms with E-state index in [4.69, 9.17) is 15.6 Å². The third kappa shape index (κ3) is 8.78. The molecule has 45 heavy (non-hydrogen) atoms. The maximum atomic E-state index is 14.5. The summed E-state index contributed by atoms with van der Waals surface area (Å²) in [6.45, 7) is 0.961. The smallest absolute Gasteiger partial charge is 0.475 e. The summed E-state index contributed by atoms with van der Waals surface area (Å²) in [6.07, 6.45) is 0.968. The Kier molecular flexibility index (Phi) is 11.2. The lowest BCUT2D eigenvalue weighted by Gasteiger charge is -2.40. The maximum Gasteiger partial charge on any atom is 0.490 e. The van der Waals surface area contributed by atoms with E-state index in [1.807, 2.05) is 12.1 Å². The van der Waals surface area contributed by atoms with Crippen LogP contribution in [-0.2, 0) is 16.1 Å². The first-order chi connectivity index (χ1) is 21.2. The number of aliphatic hydroxyl groups excluding tert-OH is 1. The minimum atomic E-state index is -5.08. The molecule has 2 bridgehead atoms. The molecular weight excluding hydrogens is 601 g/mol. The number of primary amides is 1. The standard InChI is InChI=1S/C30H37F2N3O3.C2HF3O2/c31-27-5-2-6-28(32)26(27)18-34(30(38)19-7-11-25(36)12-8-19)13-14-35-23-9-10-24(35)17-22(16-23)20-3-1-4-21(15-20)29(33)37;3-2(4,5)1(6)7/h1-6,15,19,22-25,36H,7-14,16-18H2,(H2,33,37);(H,6,7)/t19?,22?,23-,24+,25?;. The minimum absolute atomic E-state index is 0.0762. The second kappa shape index (κ2) is 14.7. The summed E-state index contributed by atoms with van der Waals surface area (Å²) in [5.41, 5.74) is 7.09. The van der Waals surface area contributed by atoms with Gasteiger partial charge in [0.05, 0.1) is 12.6 Å². The van der Waals surface area contributed by atoms with E-state index in [0.717, 1.165) is 31.2 Å². The Morgan fingerprint density at radius 1 is 0.911 bits per heavy atom. The number of carbonyl (C=O) groups excluding carboxylic acids is 2. The fourth-order valence-corrected chi connectivity index (χ4v) is 6.82. The molecule has 4 N–H and O–H groups in total. The molecule has 2 heterocycles. The van der Waals surface area contributed by atoms with Gasteiger partial charge in [-0.1, -0.05) is 18.2 Å². The summed E-state index contributed by atoms with van der Waals surface area (Å²) < 4.78 is 60.8. The van der Waals surface area contributed by atoms with Gasteiger partial charge >= 0.3 is 12.1 Å². The molecule has 13 heteroatoms. The van der Waals surface area contributed by atoms with Crippen molar-refractivity contribution < 1.29 is 46.5 Å². The number of aliphatic carboxylic acids is 1. The number of halogens is 5. The molecule has 8 nitrogen and oxygen atoms in total. The molecule has 0 aromatic heterocycles. The number of alkyl halides is 3. The zero-order valence-corrected chi connectivity index (χ0v) is 24.7. The zero-order valence-electron chi connectivity index (χ0n) is 24.7. The van der Waals surface area contributed by atoms with Crippen molar-refractivity contribution in [3.05, 3.63) is 70.8 Å². The highest BCUT2D eigenvalue weighted by atomic mass is 19.4. The molecule has 2 amide bonds. The predicted molar refractivity (Wildman–Crippen MR) is 154 cm³/mol. The largest absolute Gasteiger partial charge is 0.490 e. The molecule has 3 fully saturated rings. The minimum Gasteiger partial charge on any atom is -0.475 e. The SMILES string of the molecule is NC(=O)c1cccc(C2C[C@H]3CC[C@@H](C2)N3CCN(Cc2c(F)cccc2F)C(=O)C2CCC(O)CC2)c1.O=C(O)C(F)(F)F. The number of hydrogen-bond donors (Lipinski definition) is 3. The number of carbonyl (C=O) groups is 3. The number of rotatable bonds is 8. The average molecular weight is 640 g/mol. The van der Waals surface area contributed by atoms with E-state index in [2.05, 4.69) is 11.0 Å². The highest BCUT2D eigenvalue weighted by molar-refractivity contribution is 5.92. The molecule has 2 aliphatic heterocycles. The Morgan fingerprint density at radius 3 is 2.00 bits per heavy atom. The number of aliphatic hydroxyl groups is 1. The summed E-state index contributed by atoms with van der Waals surface area (Å²) in [5, 5.41) is 17.0. The Balaban J connectivity index is 0.000000591. The first kappa shape index (κ1) is 34.3. The van der Waals surface area contributed by atoms with Crippen LogP contribution in [0.5, 0.6) is 0 Å². The molecule has 3 atom stereocenters. The van der Waals surface area contributed by atoms with Gasteiger partial charge in [0.25, 0.3) is 0 Å². The van der Waals surface area contributed by atoms with Crippen LogP contribution in [0.4, 0.5) is 22.0 Å².